The van der Waals surface area contributed by atoms with E-state index in [1.807, 2.05) is 24.3 Å². The molecule has 3 rings (SSSR count). The molecule has 1 aromatic rings. The van der Waals surface area contributed by atoms with Crippen molar-refractivity contribution in [1.29, 1.82) is 0 Å². The molecule has 2 atom stereocenters. The number of hydrogen-bond donors (Lipinski definition) is 2. The van der Waals surface area contributed by atoms with Crippen molar-refractivity contribution in [3.05, 3.63) is 29.8 Å². The van der Waals surface area contributed by atoms with Gasteiger partial charge in [0, 0.05) is 25.1 Å². The maximum Gasteiger partial charge on any atom is 0.401 e. The Morgan fingerprint density at radius 3 is 2.85 bits per heavy atom. The SMILES string of the molecule is I.NC(=NCC1CCN(CC(F)(F)F)C1)NC1CCOc2ccccc21. The van der Waals surface area contributed by atoms with Crippen molar-refractivity contribution >= 4 is 29.9 Å². The fourth-order valence-corrected chi connectivity index (χ4v) is 3.40. The van der Waals surface area contributed by atoms with Gasteiger partial charge in [0.05, 0.1) is 19.2 Å². The van der Waals surface area contributed by atoms with Crippen molar-refractivity contribution in [2.45, 2.75) is 25.1 Å². The van der Waals surface area contributed by atoms with Crippen LogP contribution >= 0.6 is 24.0 Å². The minimum atomic E-state index is -4.14. The fourth-order valence-electron chi connectivity index (χ4n) is 3.40. The smallest absolute Gasteiger partial charge is 0.401 e. The van der Waals surface area contributed by atoms with Crippen LogP contribution in [0.4, 0.5) is 13.2 Å². The monoisotopic (exact) mass is 484 g/mol. The lowest BCUT2D eigenvalue weighted by Gasteiger charge is -2.27. The van der Waals surface area contributed by atoms with Gasteiger partial charge in [0.15, 0.2) is 5.96 Å². The Kier molecular flexibility index (Phi) is 7.39. The van der Waals surface area contributed by atoms with Crippen LogP contribution in [0, 0.1) is 5.92 Å². The summed E-state index contributed by atoms with van der Waals surface area (Å²) in [6.07, 6.45) is -2.64. The summed E-state index contributed by atoms with van der Waals surface area (Å²) in [6, 6.07) is 7.82. The second-order valence-electron chi connectivity index (χ2n) is 6.60. The molecule has 2 heterocycles. The first-order chi connectivity index (χ1) is 11.9. The molecule has 0 aliphatic carbocycles. The molecule has 0 aromatic heterocycles. The normalized spacial score (nSPS) is 23.7. The lowest BCUT2D eigenvalue weighted by atomic mass is 10.0. The summed E-state index contributed by atoms with van der Waals surface area (Å²) in [5.74, 6) is 1.29. The van der Waals surface area contributed by atoms with Gasteiger partial charge in [-0.2, -0.15) is 13.2 Å². The van der Waals surface area contributed by atoms with Crippen LogP contribution in [-0.2, 0) is 0 Å². The summed E-state index contributed by atoms with van der Waals surface area (Å²) >= 11 is 0. The Morgan fingerprint density at radius 1 is 1.31 bits per heavy atom. The molecule has 146 valence electrons. The molecular formula is C17H24F3IN4O. The van der Waals surface area contributed by atoms with Crippen LogP contribution in [0.1, 0.15) is 24.4 Å². The lowest BCUT2D eigenvalue weighted by molar-refractivity contribution is -0.143. The number of nitrogens with zero attached hydrogens (tertiary/aromatic N) is 2. The summed E-state index contributed by atoms with van der Waals surface area (Å²) in [7, 11) is 0. The largest absolute Gasteiger partial charge is 0.493 e. The minimum Gasteiger partial charge on any atom is -0.493 e. The molecule has 26 heavy (non-hydrogen) atoms. The first kappa shape index (κ1) is 21.1. The number of fused-ring (bicyclic) bond motifs is 1. The highest BCUT2D eigenvalue weighted by molar-refractivity contribution is 14.0. The molecule has 0 spiro atoms. The van der Waals surface area contributed by atoms with Crippen molar-refractivity contribution < 1.29 is 17.9 Å². The highest BCUT2D eigenvalue weighted by Gasteiger charge is 2.34. The molecule has 1 saturated heterocycles. The van der Waals surface area contributed by atoms with E-state index in [1.54, 1.807) is 0 Å². The van der Waals surface area contributed by atoms with Gasteiger partial charge in [-0.3, -0.25) is 9.89 Å². The van der Waals surface area contributed by atoms with Crippen LogP contribution in [0.25, 0.3) is 0 Å². The number of alkyl halides is 3. The number of ether oxygens (including phenoxy) is 1. The van der Waals surface area contributed by atoms with Crippen LogP contribution in [0.3, 0.4) is 0 Å². The molecular weight excluding hydrogens is 460 g/mol. The third-order valence-corrected chi connectivity index (χ3v) is 4.57. The second kappa shape index (κ2) is 9.12. The van der Waals surface area contributed by atoms with Gasteiger partial charge >= 0.3 is 6.18 Å². The predicted molar refractivity (Wildman–Crippen MR) is 105 cm³/mol. The summed E-state index contributed by atoms with van der Waals surface area (Å²) in [5, 5.41) is 3.20. The zero-order valence-corrected chi connectivity index (χ0v) is 16.7. The van der Waals surface area contributed by atoms with Crippen LogP contribution in [-0.4, -0.2) is 49.8 Å². The number of para-hydroxylation sites is 1. The van der Waals surface area contributed by atoms with Gasteiger partial charge in [0.1, 0.15) is 5.75 Å². The molecule has 1 fully saturated rings. The first-order valence-electron chi connectivity index (χ1n) is 8.48. The predicted octanol–water partition coefficient (Wildman–Crippen LogP) is 2.92. The molecule has 0 radical (unpaired) electrons. The van der Waals surface area contributed by atoms with E-state index < -0.39 is 12.7 Å². The summed E-state index contributed by atoms with van der Waals surface area (Å²) < 4.78 is 42.9. The molecule has 3 N–H and O–H groups in total. The van der Waals surface area contributed by atoms with E-state index in [2.05, 4.69) is 10.3 Å². The average Bonchev–Trinajstić information content (AvgIpc) is 2.99. The van der Waals surface area contributed by atoms with Crippen molar-refractivity contribution in [2.24, 2.45) is 16.6 Å². The van der Waals surface area contributed by atoms with Crippen molar-refractivity contribution in [2.75, 3.05) is 32.8 Å². The molecule has 0 saturated carbocycles. The maximum atomic E-state index is 12.4. The van der Waals surface area contributed by atoms with Crippen molar-refractivity contribution in [3.63, 3.8) is 0 Å². The van der Waals surface area contributed by atoms with Crippen molar-refractivity contribution in [3.8, 4) is 5.75 Å². The third kappa shape index (κ3) is 5.90. The van der Waals surface area contributed by atoms with Gasteiger partial charge in [-0.05, 0) is 24.9 Å². The number of hydrogen-bond acceptors (Lipinski definition) is 3. The van der Waals surface area contributed by atoms with Gasteiger partial charge in [0.25, 0.3) is 0 Å². The topological polar surface area (TPSA) is 62.9 Å². The van der Waals surface area contributed by atoms with E-state index in [9.17, 15) is 13.2 Å². The van der Waals surface area contributed by atoms with Crippen molar-refractivity contribution in [1.82, 2.24) is 10.2 Å². The molecule has 2 aliphatic rings. The Bertz CT molecular complexity index is 626. The number of aliphatic imine (C=N–C) groups is 1. The van der Waals surface area contributed by atoms with Crippen LogP contribution in [0.15, 0.2) is 29.3 Å². The molecule has 0 amide bonds. The number of rotatable bonds is 4. The van der Waals surface area contributed by atoms with Crippen LogP contribution in [0.2, 0.25) is 0 Å². The highest BCUT2D eigenvalue weighted by atomic mass is 127. The molecule has 1 aromatic carbocycles. The quantitative estimate of drug-likeness (QED) is 0.392. The molecule has 2 unspecified atom stereocenters. The van der Waals surface area contributed by atoms with Crippen LogP contribution < -0.4 is 15.8 Å². The van der Waals surface area contributed by atoms with Gasteiger partial charge in [-0.25, -0.2) is 0 Å². The lowest BCUT2D eigenvalue weighted by Crippen LogP contribution is -2.37. The zero-order chi connectivity index (χ0) is 17.9. The first-order valence-corrected chi connectivity index (χ1v) is 8.48. The molecule has 5 nitrogen and oxygen atoms in total. The van der Waals surface area contributed by atoms with Gasteiger partial charge in [-0.1, -0.05) is 18.2 Å². The number of benzene rings is 1. The maximum absolute atomic E-state index is 12.4. The molecule has 9 heteroatoms. The third-order valence-electron chi connectivity index (χ3n) is 4.57. The highest BCUT2D eigenvalue weighted by Crippen LogP contribution is 2.31. The number of guanidine groups is 1. The number of nitrogens with two attached hydrogens (primary N) is 1. The fraction of sp³-hybridized carbons (Fsp3) is 0.588. The van der Waals surface area contributed by atoms with E-state index >= 15 is 0 Å². The van der Waals surface area contributed by atoms with E-state index in [0.29, 0.717) is 38.6 Å². The Labute approximate surface area is 168 Å². The minimum absolute atomic E-state index is 0. The number of nitrogens with one attached hydrogen (secondary N) is 1. The molecule has 2 aliphatic heterocycles. The second-order valence-corrected chi connectivity index (χ2v) is 6.60. The standard InChI is InChI=1S/C17H23F3N4O.HI/c18-17(19,20)11-24-7-5-12(10-24)9-22-16(21)23-14-6-8-25-15-4-2-1-3-13(14)15;/h1-4,12,14H,5-11H2,(H3,21,22,23);1H. The summed E-state index contributed by atoms with van der Waals surface area (Å²) in [5.41, 5.74) is 7.03. The Morgan fingerprint density at radius 2 is 2.08 bits per heavy atom. The Balaban J connectivity index is 0.00000243. The van der Waals surface area contributed by atoms with E-state index in [-0.39, 0.29) is 35.9 Å². The van der Waals surface area contributed by atoms with Gasteiger partial charge in [0.2, 0.25) is 0 Å². The molecule has 0 bridgehead atoms. The Hall–Kier alpha value is -1.23. The average molecular weight is 484 g/mol. The number of likely N-dealkylation sites (tertiary alicyclic amines) is 1. The number of halogens is 4. The van der Waals surface area contributed by atoms with Gasteiger partial charge in [-0.15, -0.1) is 24.0 Å². The zero-order valence-electron chi connectivity index (χ0n) is 14.3. The van der Waals surface area contributed by atoms with E-state index in [1.165, 1.54) is 4.90 Å². The van der Waals surface area contributed by atoms with E-state index in [0.717, 1.165) is 17.7 Å². The van der Waals surface area contributed by atoms with E-state index in [4.69, 9.17) is 10.5 Å². The summed E-state index contributed by atoms with van der Waals surface area (Å²) in [4.78, 5) is 5.77. The van der Waals surface area contributed by atoms with Gasteiger partial charge < -0.3 is 15.8 Å². The van der Waals surface area contributed by atoms with Crippen LogP contribution in [0.5, 0.6) is 5.75 Å². The summed E-state index contributed by atoms with van der Waals surface area (Å²) in [6.45, 7) is 1.08.